The highest BCUT2D eigenvalue weighted by Gasteiger charge is 2.26. The topological polar surface area (TPSA) is 84.3 Å². The summed E-state index contributed by atoms with van der Waals surface area (Å²) in [5.74, 6) is -0.259. The summed E-state index contributed by atoms with van der Waals surface area (Å²) in [4.78, 5) is 22.1. The minimum Gasteiger partial charge on any atom is -0.323 e. The van der Waals surface area contributed by atoms with Crippen LogP contribution in [0.2, 0.25) is 5.02 Å². The highest BCUT2D eigenvalue weighted by Crippen LogP contribution is 2.27. The van der Waals surface area contributed by atoms with Crippen molar-refractivity contribution < 1.29 is 9.72 Å². The van der Waals surface area contributed by atoms with Crippen LogP contribution >= 0.6 is 11.6 Å². The Bertz CT molecular complexity index is 503. The zero-order valence-electron chi connectivity index (χ0n) is 11.0. The number of benzene rings is 1. The van der Waals surface area contributed by atoms with Gasteiger partial charge in [0.25, 0.3) is 5.69 Å². The van der Waals surface area contributed by atoms with Crippen LogP contribution in [0.15, 0.2) is 18.2 Å². The molecule has 2 N–H and O–H groups in total. The number of nitrogens with zero attached hydrogens (tertiary/aromatic N) is 1. The molecule has 1 rings (SSSR count). The third-order valence-corrected chi connectivity index (χ3v) is 2.91. The Morgan fingerprint density at radius 2 is 2.11 bits per heavy atom. The maximum absolute atomic E-state index is 12.0. The number of halogens is 1. The van der Waals surface area contributed by atoms with Crippen LogP contribution in [0, 0.1) is 10.1 Å². The SMILES string of the molecule is CCNC(C)(C)C(=O)Nc1ccc([N+](=O)[O-])cc1Cl. The van der Waals surface area contributed by atoms with E-state index in [1.54, 1.807) is 13.8 Å². The van der Waals surface area contributed by atoms with E-state index in [4.69, 9.17) is 11.6 Å². The van der Waals surface area contributed by atoms with Gasteiger partial charge in [0.15, 0.2) is 0 Å². The number of carbonyl (C=O) groups excluding carboxylic acids is 1. The molecule has 1 amide bonds. The van der Waals surface area contributed by atoms with Gasteiger partial charge < -0.3 is 10.6 Å². The molecule has 0 unspecified atom stereocenters. The maximum Gasteiger partial charge on any atom is 0.271 e. The van der Waals surface area contributed by atoms with Gasteiger partial charge in [0.2, 0.25) is 5.91 Å². The molecule has 1 aromatic rings. The van der Waals surface area contributed by atoms with Crippen molar-refractivity contribution >= 4 is 28.9 Å². The van der Waals surface area contributed by atoms with Crippen LogP contribution < -0.4 is 10.6 Å². The molecule has 0 bridgehead atoms. The van der Waals surface area contributed by atoms with Gasteiger partial charge in [-0.2, -0.15) is 0 Å². The van der Waals surface area contributed by atoms with E-state index >= 15 is 0 Å². The van der Waals surface area contributed by atoms with E-state index in [0.717, 1.165) is 0 Å². The number of carbonyl (C=O) groups is 1. The van der Waals surface area contributed by atoms with E-state index in [1.165, 1.54) is 18.2 Å². The molecule has 0 aromatic heterocycles. The van der Waals surface area contributed by atoms with E-state index in [2.05, 4.69) is 10.6 Å². The van der Waals surface area contributed by atoms with E-state index in [1.807, 2.05) is 6.92 Å². The third kappa shape index (κ3) is 3.90. The molecule has 0 saturated heterocycles. The molecule has 1 aromatic carbocycles. The van der Waals surface area contributed by atoms with Crippen molar-refractivity contribution in [2.24, 2.45) is 0 Å². The zero-order valence-corrected chi connectivity index (χ0v) is 11.7. The molecule has 0 heterocycles. The molecule has 0 atom stereocenters. The molecule has 19 heavy (non-hydrogen) atoms. The van der Waals surface area contributed by atoms with Gasteiger partial charge in [-0.15, -0.1) is 0 Å². The lowest BCUT2D eigenvalue weighted by Crippen LogP contribution is -2.49. The Labute approximate surface area is 116 Å². The number of rotatable bonds is 5. The Hall–Kier alpha value is -1.66. The number of likely N-dealkylation sites (N-methyl/N-ethyl adjacent to an activating group) is 1. The first-order chi connectivity index (χ1) is 8.77. The minimum atomic E-state index is -0.750. The molecule has 0 fully saturated rings. The quantitative estimate of drug-likeness (QED) is 0.643. The maximum atomic E-state index is 12.0. The molecule has 7 heteroatoms. The van der Waals surface area contributed by atoms with Crippen molar-refractivity contribution in [2.45, 2.75) is 26.3 Å². The van der Waals surface area contributed by atoms with Crippen molar-refractivity contribution in [2.75, 3.05) is 11.9 Å². The van der Waals surface area contributed by atoms with Crippen LogP contribution in [0.25, 0.3) is 0 Å². The predicted molar refractivity (Wildman–Crippen MR) is 74.5 cm³/mol. The predicted octanol–water partition coefficient (Wildman–Crippen LogP) is 2.57. The second-order valence-corrected chi connectivity index (χ2v) is 4.94. The lowest BCUT2D eigenvalue weighted by molar-refractivity contribution is -0.384. The summed E-state index contributed by atoms with van der Waals surface area (Å²) in [5.41, 5.74) is -0.517. The molecular formula is C12H16ClN3O3. The van der Waals surface area contributed by atoms with Crippen molar-refractivity contribution in [3.8, 4) is 0 Å². The Kier molecular flexibility index (Phi) is 4.85. The number of nitrogens with one attached hydrogen (secondary N) is 2. The van der Waals surface area contributed by atoms with Gasteiger partial charge in [-0.05, 0) is 26.5 Å². The van der Waals surface area contributed by atoms with Crippen molar-refractivity contribution in [1.29, 1.82) is 0 Å². The van der Waals surface area contributed by atoms with E-state index in [9.17, 15) is 14.9 Å². The van der Waals surface area contributed by atoms with E-state index in [-0.39, 0.29) is 16.6 Å². The molecule has 0 aliphatic carbocycles. The highest BCUT2D eigenvalue weighted by atomic mass is 35.5. The summed E-state index contributed by atoms with van der Waals surface area (Å²) in [7, 11) is 0. The fraction of sp³-hybridized carbons (Fsp3) is 0.417. The summed E-state index contributed by atoms with van der Waals surface area (Å²) in [6, 6.07) is 3.92. The molecule has 104 valence electrons. The lowest BCUT2D eigenvalue weighted by Gasteiger charge is -2.24. The average Bonchev–Trinajstić information content (AvgIpc) is 2.31. The van der Waals surface area contributed by atoms with Crippen LogP contribution in [0.1, 0.15) is 20.8 Å². The van der Waals surface area contributed by atoms with Gasteiger partial charge in [0, 0.05) is 12.1 Å². The molecule has 0 spiro atoms. The first-order valence-corrected chi connectivity index (χ1v) is 6.16. The monoisotopic (exact) mass is 285 g/mol. The number of anilines is 1. The number of amides is 1. The van der Waals surface area contributed by atoms with Gasteiger partial charge >= 0.3 is 0 Å². The Morgan fingerprint density at radius 3 is 2.58 bits per heavy atom. The normalized spacial score (nSPS) is 11.2. The number of hydrogen-bond acceptors (Lipinski definition) is 4. The van der Waals surface area contributed by atoms with Crippen molar-refractivity contribution in [1.82, 2.24) is 5.32 Å². The largest absolute Gasteiger partial charge is 0.323 e. The average molecular weight is 286 g/mol. The van der Waals surface area contributed by atoms with Crippen LogP contribution in [-0.2, 0) is 4.79 Å². The fourth-order valence-corrected chi connectivity index (χ4v) is 1.74. The van der Waals surface area contributed by atoms with Gasteiger partial charge in [-0.3, -0.25) is 14.9 Å². The highest BCUT2D eigenvalue weighted by molar-refractivity contribution is 6.34. The summed E-state index contributed by atoms with van der Waals surface area (Å²) in [6.45, 7) is 6.03. The fourth-order valence-electron chi connectivity index (χ4n) is 1.52. The molecule has 0 aliphatic heterocycles. The lowest BCUT2D eigenvalue weighted by atomic mass is 10.0. The summed E-state index contributed by atoms with van der Waals surface area (Å²) in [6.07, 6.45) is 0. The molecule has 0 saturated carbocycles. The third-order valence-electron chi connectivity index (χ3n) is 2.60. The first-order valence-electron chi connectivity index (χ1n) is 5.78. The van der Waals surface area contributed by atoms with Crippen molar-refractivity contribution in [3.63, 3.8) is 0 Å². The molecule has 0 radical (unpaired) electrons. The standard InChI is InChI=1S/C12H16ClN3O3/c1-4-14-12(2,3)11(17)15-10-6-5-8(16(18)19)7-9(10)13/h5-7,14H,4H2,1-3H3,(H,15,17). The summed E-state index contributed by atoms with van der Waals surface area (Å²) < 4.78 is 0. The van der Waals surface area contributed by atoms with E-state index < -0.39 is 10.5 Å². The molecule has 0 aliphatic rings. The smallest absolute Gasteiger partial charge is 0.271 e. The number of nitro groups is 1. The van der Waals surface area contributed by atoms with Crippen LogP contribution in [0.4, 0.5) is 11.4 Å². The summed E-state index contributed by atoms with van der Waals surface area (Å²) >= 11 is 5.91. The second-order valence-electron chi connectivity index (χ2n) is 4.53. The minimum absolute atomic E-state index is 0.117. The molecule has 6 nitrogen and oxygen atoms in total. The first kappa shape index (κ1) is 15.4. The van der Waals surface area contributed by atoms with Crippen LogP contribution in [0.3, 0.4) is 0 Å². The Balaban J connectivity index is 2.89. The summed E-state index contributed by atoms with van der Waals surface area (Å²) in [5, 5.41) is 16.4. The van der Waals surface area contributed by atoms with Crippen LogP contribution in [0.5, 0.6) is 0 Å². The number of non-ortho nitro benzene ring substituents is 1. The molecular weight excluding hydrogens is 270 g/mol. The number of hydrogen-bond donors (Lipinski definition) is 2. The van der Waals surface area contributed by atoms with Crippen molar-refractivity contribution in [3.05, 3.63) is 33.3 Å². The Morgan fingerprint density at radius 1 is 1.47 bits per heavy atom. The van der Waals surface area contributed by atoms with Gasteiger partial charge in [-0.1, -0.05) is 18.5 Å². The van der Waals surface area contributed by atoms with E-state index in [0.29, 0.717) is 12.2 Å². The number of nitro benzene ring substituents is 1. The van der Waals surface area contributed by atoms with Gasteiger partial charge in [0.1, 0.15) is 0 Å². The van der Waals surface area contributed by atoms with Gasteiger partial charge in [0.05, 0.1) is 21.2 Å². The van der Waals surface area contributed by atoms with Crippen LogP contribution in [-0.4, -0.2) is 22.9 Å². The van der Waals surface area contributed by atoms with Gasteiger partial charge in [-0.25, -0.2) is 0 Å². The zero-order chi connectivity index (χ0) is 14.6. The second kappa shape index (κ2) is 5.99.